The second-order valence-electron chi connectivity index (χ2n) is 6.14. The fraction of sp³-hybridized carbons (Fsp3) is 0.182. The van der Waals surface area contributed by atoms with Gasteiger partial charge in [-0.3, -0.25) is 4.79 Å². The van der Waals surface area contributed by atoms with Crippen LogP contribution >= 0.6 is 0 Å². The first-order chi connectivity index (χ1) is 13.2. The number of anilines is 1. The Labute approximate surface area is 159 Å². The van der Waals surface area contributed by atoms with E-state index in [0.29, 0.717) is 23.7 Å². The van der Waals surface area contributed by atoms with Crippen LogP contribution in [0.2, 0.25) is 0 Å². The number of carbonyl (C=O) groups is 1. The summed E-state index contributed by atoms with van der Waals surface area (Å²) >= 11 is 0. The number of pyridine rings is 1. The van der Waals surface area contributed by atoms with Crippen LogP contribution < -0.4 is 15.0 Å². The van der Waals surface area contributed by atoms with Gasteiger partial charge in [-0.2, -0.15) is 0 Å². The molecule has 1 amide bonds. The summed E-state index contributed by atoms with van der Waals surface area (Å²) in [4.78, 5) is 18.9. The van der Waals surface area contributed by atoms with Gasteiger partial charge in [0.2, 0.25) is 5.88 Å². The van der Waals surface area contributed by atoms with Gasteiger partial charge >= 0.3 is 0 Å². The average molecular weight is 361 g/mol. The average Bonchev–Trinajstić information content (AvgIpc) is 2.72. The number of ether oxygens (including phenoxy) is 1. The molecular weight excluding hydrogens is 338 g/mol. The summed E-state index contributed by atoms with van der Waals surface area (Å²) in [5.74, 6) is 0.772. The van der Waals surface area contributed by atoms with Gasteiger partial charge in [-0.1, -0.05) is 36.4 Å². The van der Waals surface area contributed by atoms with Crippen LogP contribution in [-0.4, -0.2) is 31.0 Å². The Morgan fingerprint density at radius 3 is 2.44 bits per heavy atom. The normalized spacial score (nSPS) is 10.3. The molecule has 0 saturated heterocycles. The molecule has 0 saturated carbocycles. The first kappa shape index (κ1) is 18.5. The molecule has 1 heterocycles. The molecule has 5 heteroatoms. The summed E-state index contributed by atoms with van der Waals surface area (Å²) in [6, 6.07) is 22.9. The molecule has 0 bridgehead atoms. The number of amides is 1. The number of hydrogen-bond donors (Lipinski definition) is 1. The predicted molar refractivity (Wildman–Crippen MR) is 107 cm³/mol. The number of rotatable bonds is 8. The van der Waals surface area contributed by atoms with Gasteiger partial charge < -0.3 is 15.0 Å². The van der Waals surface area contributed by atoms with E-state index in [4.69, 9.17) is 4.74 Å². The number of nitrogens with one attached hydrogen (secondary N) is 1. The van der Waals surface area contributed by atoms with E-state index < -0.39 is 0 Å². The Morgan fingerprint density at radius 2 is 1.70 bits per heavy atom. The lowest BCUT2D eigenvalue weighted by molar-refractivity contribution is 0.0950. The first-order valence-electron chi connectivity index (χ1n) is 8.96. The molecule has 3 aromatic rings. The summed E-state index contributed by atoms with van der Waals surface area (Å²) in [6.07, 6.45) is 2.45. The predicted octanol–water partition coefficient (Wildman–Crippen LogP) is 4.13. The van der Waals surface area contributed by atoms with Crippen molar-refractivity contribution in [2.45, 2.75) is 6.42 Å². The number of para-hydroxylation sites is 2. The SMILES string of the molecule is CN(CCCNC(=O)c1cccnc1Oc1ccccc1)c1ccccc1. The van der Waals surface area contributed by atoms with Crippen molar-refractivity contribution in [1.82, 2.24) is 10.3 Å². The van der Waals surface area contributed by atoms with Crippen molar-refractivity contribution in [3.05, 3.63) is 84.6 Å². The molecule has 0 aliphatic carbocycles. The third-order valence-corrected chi connectivity index (χ3v) is 4.13. The molecule has 0 unspecified atom stereocenters. The van der Waals surface area contributed by atoms with E-state index in [-0.39, 0.29) is 5.91 Å². The van der Waals surface area contributed by atoms with Crippen molar-refractivity contribution in [3.8, 4) is 11.6 Å². The molecule has 1 N–H and O–H groups in total. The topological polar surface area (TPSA) is 54.5 Å². The van der Waals surface area contributed by atoms with Gasteiger partial charge in [0.05, 0.1) is 0 Å². The lowest BCUT2D eigenvalue weighted by atomic mass is 10.2. The van der Waals surface area contributed by atoms with Gasteiger partial charge in [-0.15, -0.1) is 0 Å². The Morgan fingerprint density at radius 1 is 1.00 bits per heavy atom. The van der Waals surface area contributed by atoms with Crippen molar-refractivity contribution in [2.24, 2.45) is 0 Å². The van der Waals surface area contributed by atoms with Crippen LogP contribution in [0.3, 0.4) is 0 Å². The Bertz CT molecular complexity index is 854. The second-order valence-corrected chi connectivity index (χ2v) is 6.14. The van der Waals surface area contributed by atoms with Crippen LogP contribution in [0.4, 0.5) is 5.69 Å². The third-order valence-electron chi connectivity index (χ3n) is 4.13. The van der Waals surface area contributed by atoms with E-state index in [0.717, 1.165) is 18.7 Å². The molecule has 138 valence electrons. The van der Waals surface area contributed by atoms with Crippen LogP contribution in [0, 0.1) is 0 Å². The number of nitrogens with zero attached hydrogens (tertiary/aromatic N) is 2. The number of benzene rings is 2. The maximum Gasteiger partial charge on any atom is 0.256 e. The monoisotopic (exact) mass is 361 g/mol. The molecule has 3 rings (SSSR count). The van der Waals surface area contributed by atoms with Crippen molar-refractivity contribution < 1.29 is 9.53 Å². The molecule has 0 aliphatic rings. The smallest absolute Gasteiger partial charge is 0.256 e. The molecule has 27 heavy (non-hydrogen) atoms. The third kappa shape index (κ3) is 5.31. The maximum absolute atomic E-state index is 12.5. The quantitative estimate of drug-likeness (QED) is 0.613. The van der Waals surface area contributed by atoms with Crippen LogP contribution in [0.1, 0.15) is 16.8 Å². The van der Waals surface area contributed by atoms with Crippen molar-refractivity contribution in [1.29, 1.82) is 0 Å². The zero-order chi connectivity index (χ0) is 18.9. The van der Waals surface area contributed by atoms with Crippen molar-refractivity contribution in [2.75, 3.05) is 25.0 Å². The van der Waals surface area contributed by atoms with Crippen LogP contribution in [0.15, 0.2) is 79.0 Å². The minimum Gasteiger partial charge on any atom is -0.438 e. The fourth-order valence-corrected chi connectivity index (χ4v) is 2.67. The summed E-state index contributed by atoms with van der Waals surface area (Å²) in [7, 11) is 2.05. The zero-order valence-electron chi connectivity index (χ0n) is 15.3. The molecule has 1 aromatic heterocycles. The number of carbonyl (C=O) groups excluding carboxylic acids is 1. The van der Waals surface area contributed by atoms with Crippen LogP contribution in [-0.2, 0) is 0 Å². The number of hydrogen-bond acceptors (Lipinski definition) is 4. The van der Waals surface area contributed by atoms with E-state index in [1.54, 1.807) is 18.3 Å². The molecular formula is C22H23N3O2. The van der Waals surface area contributed by atoms with E-state index in [1.165, 1.54) is 0 Å². The Balaban J connectivity index is 1.52. The molecule has 5 nitrogen and oxygen atoms in total. The zero-order valence-corrected chi connectivity index (χ0v) is 15.3. The highest BCUT2D eigenvalue weighted by molar-refractivity contribution is 5.96. The molecule has 0 atom stereocenters. The summed E-state index contributed by atoms with van der Waals surface area (Å²) < 4.78 is 5.75. The van der Waals surface area contributed by atoms with Crippen molar-refractivity contribution >= 4 is 11.6 Å². The highest BCUT2D eigenvalue weighted by atomic mass is 16.5. The Kier molecular flexibility index (Phi) is 6.41. The largest absolute Gasteiger partial charge is 0.438 e. The van der Waals surface area contributed by atoms with E-state index in [1.807, 2.05) is 55.6 Å². The minimum atomic E-state index is -0.184. The standard InChI is InChI=1S/C22H23N3O2/c1-25(18-10-4-2-5-11-18)17-9-16-23-21(26)20-14-8-15-24-22(20)27-19-12-6-3-7-13-19/h2-8,10-15H,9,16-17H2,1H3,(H,23,26). The summed E-state index contributed by atoms with van der Waals surface area (Å²) in [5, 5.41) is 2.95. The van der Waals surface area contributed by atoms with Gasteiger partial charge in [0.1, 0.15) is 11.3 Å². The van der Waals surface area contributed by atoms with Crippen molar-refractivity contribution in [3.63, 3.8) is 0 Å². The molecule has 0 fully saturated rings. The lowest BCUT2D eigenvalue weighted by Gasteiger charge is -2.19. The first-order valence-corrected chi connectivity index (χ1v) is 8.96. The van der Waals surface area contributed by atoms with E-state index in [2.05, 4.69) is 27.3 Å². The second kappa shape index (κ2) is 9.38. The van der Waals surface area contributed by atoms with E-state index >= 15 is 0 Å². The van der Waals surface area contributed by atoms with Gasteiger partial charge in [-0.25, -0.2) is 4.98 Å². The molecule has 2 aromatic carbocycles. The van der Waals surface area contributed by atoms with Crippen LogP contribution in [0.5, 0.6) is 11.6 Å². The van der Waals surface area contributed by atoms with Gasteiger partial charge in [0.15, 0.2) is 0 Å². The lowest BCUT2D eigenvalue weighted by Crippen LogP contribution is -2.28. The summed E-state index contributed by atoms with van der Waals surface area (Å²) in [6.45, 7) is 1.43. The van der Waals surface area contributed by atoms with Crippen LogP contribution in [0.25, 0.3) is 0 Å². The summed E-state index contributed by atoms with van der Waals surface area (Å²) in [5.41, 5.74) is 1.59. The fourth-order valence-electron chi connectivity index (χ4n) is 2.67. The molecule has 0 aliphatic heterocycles. The van der Waals surface area contributed by atoms with Gasteiger partial charge in [0.25, 0.3) is 5.91 Å². The molecule has 0 spiro atoms. The number of aromatic nitrogens is 1. The Hall–Kier alpha value is -3.34. The van der Waals surface area contributed by atoms with Gasteiger partial charge in [0, 0.05) is 32.0 Å². The maximum atomic E-state index is 12.5. The highest BCUT2D eigenvalue weighted by Gasteiger charge is 2.13. The highest BCUT2D eigenvalue weighted by Crippen LogP contribution is 2.22. The van der Waals surface area contributed by atoms with E-state index in [9.17, 15) is 4.79 Å². The van der Waals surface area contributed by atoms with Gasteiger partial charge in [-0.05, 0) is 42.8 Å². The molecule has 0 radical (unpaired) electrons. The minimum absolute atomic E-state index is 0.184.